The summed E-state index contributed by atoms with van der Waals surface area (Å²) in [5.74, 6) is 0.994. The second-order valence-electron chi connectivity index (χ2n) is 6.64. The Labute approximate surface area is 116 Å². The maximum atomic E-state index is 9.30. The summed E-state index contributed by atoms with van der Waals surface area (Å²) < 4.78 is 0. The van der Waals surface area contributed by atoms with E-state index in [0.29, 0.717) is 11.5 Å². The molecule has 0 radical (unpaired) electrons. The van der Waals surface area contributed by atoms with Crippen LogP contribution in [0.3, 0.4) is 0 Å². The smallest absolute Gasteiger partial charge is 0.129 e. The minimum atomic E-state index is 0.0852. The van der Waals surface area contributed by atoms with Gasteiger partial charge in [-0.15, -0.1) is 0 Å². The summed E-state index contributed by atoms with van der Waals surface area (Å²) in [4.78, 5) is 6.90. The molecule has 0 atom stereocenters. The van der Waals surface area contributed by atoms with Crippen LogP contribution in [0.5, 0.6) is 0 Å². The molecule has 0 aromatic carbocycles. The van der Waals surface area contributed by atoms with Gasteiger partial charge in [-0.1, -0.05) is 13.8 Å². The second-order valence-corrected chi connectivity index (χ2v) is 6.64. The standard InChI is InChI=1S/C16H26N2O/c1-12-9-13(11-19)10-15(17-12)18(4)14-5-7-16(2,3)8-6-14/h9-10,14,19H,5-8,11H2,1-4H3. The Morgan fingerprint density at radius 2 is 1.95 bits per heavy atom. The molecule has 1 fully saturated rings. The molecule has 0 spiro atoms. The SMILES string of the molecule is Cc1cc(CO)cc(N(C)C2CCC(C)(C)CC2)n1. The fourth-order valence-corrected chi connectivity index (χ4v) is 2.95. The number of rotatable bonds is 3. The molecular weight excluding hydrogens is 236 g/mol. The van der Waals surface area contributed by atoms with Gasteiger partial charge in [0.05, 0.1) is 6.61 Å². The molecule has 106 valence electrons. The first kappa shape index (κ1) is 14.3. The van der Waals surface area contributed by atoms with Crippen molar-refractivity contribution in [2.75, 3.05) is 11.9 Å². The Kier molecular flexibility index (Phi) is 4.14. The van der Waals surface area contributed by atoms with Gasteiger partial charge in [0.15, 0.2) is 0 Å². The molecule has 1 aliphatic carbocycles. The number of hydrogen-bond acceptors (Lipinski definition) is 3. The molecule has 0 unspecified atom stereocenters. The van der Waals surface area contributed by atoms with E-state index in [1.807, 2.05) is 19.1 Å². The van der Waals surface area contributed by atoms with Gasteiger partial charge in [-0.25, -0.2) is 4.98 Å². The third-order valence-electron chi connectivity index (χ3n) is 4.40. The number of nitrogens with zero attached hydrogens (tertiary/aromatic N) is 2. The molecule has 1 aliphatic rings. The van der Waals surface area contributed by atoms with Crippen LogP contribution in [0.15, 0.2) is 12.1 Å². The minimum Gasteiger partial charge on any atom is -0.392 e. The average molecular weight is 262 g/mol. The Morgan fingerprint density at radius 3 is 2.53 bits per heavy atom. The Morgan fingerprint density at radius 1 is 1.32 bits per heavy atom. The van der Waals surface area contributed by atoms with Gasteiger partial charge in [-0.2, -0.15) is 0 Å². The van der Waals surface area contributed by atoms with Gasteiger partial charge in [-0.3, -0.25) is 0 Å². The van der Waals surface area contributed by atoms with Crippen LogP contribution < -0.4 is 4.90 Å². The van der Waals surface area contributed by atoms with Crippen LogP contribution in [-0.4, -0.2) is 23.2 Å². The van der Waals surface area contributed by atoms with E-state index in [2.05, 4.69) is 30.8 Å². The quantitative estimate of drug-likeness (QED) is 0.908. The van der Waals surface area contributed by atoms with Crippen LogP contribution in [-0.2, 0) is 6.61 Å². The van der Waals surface area contributed by atoms with Crippen molar-refractivity contribution in [1.29, 1.82) is 0 Å². The van der Waals surface area contributed by atoms with Crippen LogP contribution in [0.25, 0.3) is 0 Å². The lowest BCUT2D eigenvalue weighted by Gasteiger charge is -2.39. The minimum absolute atomic E-state index is 0.0852. The summed E-state index contributed by atoms with van der Waals surface area (Å²) in [6.07, 6.45) is 5.02. The zero-order valence-electron chi connectivity index (χ0n) is 12.6. The molecule has 0 aliphatic heterocycles. The molecule has 1 saturated carbocycles. The lowest BCUT2D eigenvalue weighted by atomic mass is 9.75. The van der Waals surface area contributed by atoms with Crippen LogP contribution in [0.1, 0.15) is 50.8 Å². The van der Waals surface area contributed by atoms with Gasteiger partial charge in [0.25, 0.3) is 0 Å². The highest BCUT2D eigenvalue weighted by Crippen LogP contribution is 2.37. The van der Waals surface area contributed by atoms with Crippen molar-refractivity contribution < 1.29 is 5.11 Å². The zero-order valence-corrected chi connectivity index (χ0v) is 12.6. The molecule has 0 amide bonds. The number of hydrogen-bond donors (Lipinski definition) is 1. The molecule has 3 nitrogen and oxygen atoms in total. The van der Waals surface area contributed by atoms with Crippen molar-refractivity contribution in [3.05, 3.63) is 23.4 Å². The molecule has 0 bridgehead atoms. The van der Waals surface area contributed by atoms with E-state index in [9.17, 15) is 5.11 Å². The van der Waals surface area contributed by atoms with E-state index in [-0.39, 0.29) is 6.61 Å². The first-order valence-electron chi connectivity index (χ1n) is 7.22. The lowest BCUT2D eigenvalue weighted by molar-refractivity contribution is 0.222. The summed E-state index contributed by atoms with van der Waals surface area (Å²) in [5.41, 5.74) is 2.42. The molecule has 1 aromatic heterocycles. The van der Waals surface area contributed by atoms with E-state index in [0.717, 1.165) is 17.1 Å². The van der Waals surface area contributed by atoms with Crippen molar-refractivity contribution in [2.45, 2.75) is 59.1 Å². The number of aromatic nitrogens is 1. The molecular formula is C16H26N2O. The average Bonchev–Trinajstić information content (AvgIpc) is 2.37. The van der Waals surface area contributed by atoms with Gasteiger partial charge in [0.2, 0.25) is 0 Å². The molecule has 3 heteroatoms. The van der Waals surface area contributed by atoms with Crippen LogP contribution in [0, 0.1) is 12.3 Å². The van der Waals surface area contributed by atoms with Gasteiger partial charge in [-0.05, 0) is 55.7 Å². The zero-order chi connectivity index (χ0) is 14.0. The summed E-state index contributed by atoms with van der Waals surface area (Å²) in [5, 5.41) is 9.30. The molecule has 1 aromatic rings. The number of aliphatic hydroxyl groups excluding tert-OH is 1. The normalized spacial score (nSPS) is 19.4. The molecule has 0 saturated heterocycles. The van der Waals surface area contributed by atoms with E-state index < -0.39 is 0 Å². The highest BCUT2D eigenvalue weighted by molar-refractivity contribution is 5.43. The van der Waals surface area contributed by atoms with Gasteiger partial charge < -0.3 is 10.0 Å². The van der Waals surface area contributed by atoms with Crippen molar-refractivity contribution in [3.8, 4) is 0 Å². The maximum absolute atomic E-state index is 9.30. The van der Waals surface area contributed by atoms with Gasteiger partial charge >= 0.3 is 0 Å². The Bertz CT molecular complexity index is 432. The van der Waals surface area contributed by atoms with Crippen molar-refractivity contribution in [2.24, 2.45) is 5.41 Å². The van der Waals surface area contributed by atoms with E-state index in [4.69, 9.17) is 0 Å². The fraction of sp³-hybridized carbons (Fsp3) is 0.688. The summed E-state index contributed by atoms with van der Waals surface area (Å²) >= 11 is 0. The first-order chi connectivity index (χ1) is 8.91. The van der Waals surface area contributed by atoms with E-state index >= 15 is 0 Å². The van der Waals surface area contributed by atoms with Crippen LogP contribution in [0.2, 0.25) is 0 Å². The highest BCUT2D eigenvalue weighted by atomic mass is 16.3. The number of anilines is 1. The van der Waals surface area contributed by atoms with Crippen molar-refractivity contribution in [3.63, 3.8) is 0 Å². The lowest BCUT2D eigenvalue weighted by Crippen LogP contribution is -2.37. The predicted octanol–water partition coefficient (Wildman–Crippen LogP) is 3.29. The van der Waals surface area contributed by atoms with E-state index in [1.54, 1.807) is 0 Å². The van der Waals surface area contributed by atoms with Crippen LogP contribution >= 0.6 is 0 Å². The number of aliphatic hydroxyl groups is 1. The topological polar surface area (TPSA) is 36.4 Å². The number of aryl methyl sites for hydroxylation is 1. The third-order valence-corrected chi connectivity index (χ3v) is 4.40. The second kappa shape index (κ2) is 5.49. The maximum Gasteiger partial charge on any atom is 0.129 e. The first-order valence-corrected chi connectivity index (χ1v) is 7.22. The molecule has 1 N–H and O–H groups in total. The van der Waals surface area contributed by atoms with Gasteiger partial charge in [0, 0.05) is 18.8 Å². The molecule has 19 heavy (non-hydrogen) atoms. The van der Waals surface area contributed by atoms with Crippen molar-refractivity contribution >= 4 is 5.82 Å². The van der Waals surface area contributed by atoms with Gasteiger partial charge in [0.1, 0.15) is 5.82 Å². The molecule has 2 rings (SSSR count). The summed E-state index contributed by atoms with van der Waals surface area (Å²) in [6, 6.07) is 4.53. The van der Waals surface area contributed by atoms with Crippen LogP contribution in [0.4, 0.5) is 5.82 Å². The Hall–Kier alpha value is -1.09. The highest BCUT2D eigenvalue weighted by Gasteiger charge is 2.29. The fourth-order valence-electron chi connectivity index (χ4n) is 2.95. The Balaban J connectivity index is 2.11. The third kappa shape index (κ3) is 3.47. The van der Waals surface area contributed by atoms with E-state index in [1.165, 1.54) is 25.7 Å². The summed E-state index contributed by atoms with van der Waals surface area (Å²) in [6.45, 7) is 6.79. The molecule has 1 heterocycles. The summed E-state index contributed by atoms with van der Waals surface area (Å²) in [7, 11) is 2.13. The monoisotopic (exact) mass is 262 g/mol. The number of pyridine rings is 1. The van der Waals surface area contributed by atoms with Crippen molar-refractivity contribution in [1.82, 2.24) is 4.98 Å². The largest absolute Gasteiger partial charge is 0.392 e. The predicted molar refractivity (Wildman–Crippen MR) is 79.3 cm³/mol.